The quantitative estimate of drug-likeness (QED) is 0.480. The van der Waals surface area contributed by atoms with Gasteiger partial charge in [0.05, 0.1) is 10.6 Å². The van der Waals surface area contributed by atoms with E-state index in [1.807, 2.05) is 43.3 Å². The van der Waals surface area contributed by atoms with Crippen molar-refractivity contribution in [1.29, 1.82) is 0 Å². The highest BCUT2D eigenvalue weighted by atomic mass is 32.2. The van der Waals surface area contributed by atoms with Crippen molar-refractivity contribution in [3.63, 3.8) is 0 Å². The minimum Gasteiger partial charge on any atom is -0.251 e. The molecule has 1 aliphatic heterocycles. The monoisotopic (exact) mass is 372 g/mol. The summed E-state index contributed by atoms with van der Waals surface area (Å²) < 4.78 is 24.7. The largest absolute Gasteiger partial charge is 0.251 e. The third kappa shape index (κ3) is 3.75. The van der Waals surface area contributed by atoms with Crippen LogP contribution in [0.15, 0.2) is 47.4 Å². The maximum absolute atomic E-state index is 12.4. The summed E-state index contributed by atoms with van der Waals surface area (Å²) in [5.74, 6) is 0.213. The van der Waals surface area contributed by atoms with Gasteiger partial charge in [-0.15, -0.1) is 0 Å². The van der Waals surface area contributed by atoms with Gasteiger partial charge in [-0.25, -0.2) is 13.3 Å². The zero-order valence-electron chi connectivity index (χ0n) is 15.3. The summed E-state index contributed by atoms with van der Waals surface area (Å²) in [6.07, 6.45) is 2.71. The lowest BCUT2D eigenvalue weighted by Crippen LogP contribution is -2.30. The van der Waals surface area contributed by atoms with Crippen molar-refractivity contribution in [3.8, 4) is 0 Å². The van der Waals surface area contributed by atoms with Crippen LogP contribution in [0.3, 0.4) is 0 Å². The molecule has 2 aromatic carbocycles. The summed E-state index contributed by atoms with van der Waals surface area (Å²) in [6.45, 7) is 6.39. The second-order valence-corrected chi connectivity index (χ2v) is 9.58. The van der Waals surface area contributed by atoms with E-state index < -0.39 is 9.84 Å². The standard InChI is InChI=1S/C21H24O4S/c1-15(18-7-4-16(5-8-18)14-25-22)12-17-6-9-20-19(13-17)21(2,3)10-11-26(20,23)24/h4-9,12-13,22H,10-11,14H2,1-3H3. The third-order valence-electron chi connectivity index (χ3n) is 5.09. The molecule has 0 saturated heterocycles. The molecule has 5 heteroatoms. The maximum Gasteiger partial charge on any atom is 0.178 e. The predicted octanol–water partition coefficient (Wildman–Crippen LogP) is 4.69. The van der Waals surface area contributed by atoms with Gasteiger partial charge in [0, 0.05) is 0 Å². The molecule has 1 aliphatic rings. The molecule has 0 spiro atoms. The van der Waals surface area contributed by atoms with Crippen molar-refractivity contribution in [2.45, 2.75) is 44.1 Å². The molecule has 4 nitrogen and oxygen atoms in total. The SMILES string of the molecule is CC(=Cc1ccc2c(c1)C(C)(C)CCS2(=O)=O)c1ccc(COO)cc1. The van der Waals surface area contributed by atoms with Gasteiger partial charge >= 0.3 is 0 Å². The van der Waals surface area contributed by atoms with Crippen LogP contribution in [0.1, 0.15) is 49.4 Å². The van der Waals surface area contributed by atoms with E-state index in [1.54, 1.807) is 6.07 Å². The number of benzene rings is 2. The minimum atomic E-state index is -3.17. The van der Waals surface area contributed by atoms with Crippen LogP contribution in [0.4, 0.5) is 0 Å². The Morgan fingerprint density at radius 2 is 1.88 bits per heavy atom. The Morgan fingerprint density at radius 1 is 1.19 bits per heavy atom. The van der Waals surface area contributed by atoms with Crippen molar-refractivity contribution in [2.24, 2.45) is 0 Å². The Bertz CT molecular complexity index is 938. The second-order valence-electron chi connectivity index (χ2n) is 7.51. The zero-order chi connectivity index (χ0) is 18.9. The van der Waals surface area contributed by atoms with Crippen molar-refractivity contribution < 1.29 is 18.6 Å². The van der Waals surface area contributed by atoms with Crippen LogP contribution < -0.4 is 0 Å². The van der Waals surface area contributed by atoms with Gasteiger partial charge in [-0.2, -0.15) is 0 Å². The number of hydrogen-bond donors (Lipinski definition) is 1. The van der Waals surface area contributed by atoms with Gasteiger partial charge in [0.1, 0.15) is 6.61 Å². The Hall–Kier alpha value is -1.95. The molecule has 1 heterocycles. The normalized spacial score (nSPS) is 18.4. The van der Waals surface area contributed by atoms with Gasteiger partial charge in [0.2, 0.25) is 0 Å². The molecule has 0 radical (unpaired) electrons. The topological polar surface area (TPSA) is 63.6 Å². The fraction of sp³-hybridized carbons (Fsp3) is 0.333. The maximum atomic E-state index is 12.4. The molecular formula is C21H24O4S. The Balaban J connectivity index is 1.96. The highest BCUT2D eigenvalue weighted by Crippen LogP contribution is 2.39. The first-order valence-electron chi connectivity index (χ1n) is 8.64. The van der Waals surface area contributed by atoms with Crippen LogP contribution in [-0.4, -0.2) is 19.4 Å². The summed E-state index contributed by atoms with van der Waals surface area (Å²) in [5.41, 5.74) is 4.79. The molecule has 0 aromatic heterocycles. The molecule has 0 fully saturated rings. The number of rotatable bonds is 4. The molecule has 0 saturated carbocycles. The number of hydrogen-bond acceptors (Lipinski definition) is 4. The van der Waals surface area contributed by atoms with E-state index >= 15 is 0 Å². The van der Waals surface area contributed by atoms with E-state index in [0.29, 0.717) is 11.3 Å². The predicted molar refractivity (Wildman–Crippen MR) is 104 cm³/mol. The lowest BCUT2D eigenvalue weighted by molar-refractivity contribution is -0.253. The number of fused-ring (bicyclic) bond motifs is 1. The molecule has 3 rings (SSSR count). The Kier molecular flexibility index (Phi) is 5.06. The van der Waals surface area contributed by atoms with Gasteiger partial charge in [0.25, 0.3) is 0 Å². The van der Waals surface area contributed by atoms with Gasteiger partial charge in [0.15, 0.2) is 9.84 Å². The Labute approximate surface area is 155 Å². The van der Waals surface area contributed by atoms with Crippen molar-refractivity contribution in [2.75, 3.05) is 5.75 Å². The van der Waals surface area contributed by atoms with E-state index in [4.69, 9.17) is 5.26 Å². The molecule has 0 unspecified atom stereocenters. The van der Waals surface area contributed by atoms with Crippen LogP contribution in [-0.2, 0) is 26.7 Å². The lowest BCUT2D eigenvalue weighted by Gasteiger charge is -2.32. The van der Waals surface area contributed by atoms with Gasteiger partial charge in [-0.3, -0.25) is 5.26 Å². The van der Waals surface area contributed by atoms with Crippen LogP contribution in [0.5, 0.6) is 0 Å². The van der Waals surface area contributed by atoms with Crippen LogP contribution in [0.2, 0.25) is 0 Å². The minimum absolute atomic E-state index is 0.148. The van der Waals surface area contributed by atoms with Crippen molar-refractivity contribution in [3.05, 3.63) is 64.7 Å². The van der Waals surface area contributed by atoms with Crippen molar-refractivity contribution >= 4 is 21.5 Å². The molecule has 1 N–H and O–H groups in total. The summed E-state index contributed by atoms with van der Waals surface area (Å²) in [5, 5.41) is 8.51. The molecule has 0 aliphatic carbocycles. The van der Waals surface area contributed by atoms with Crippen LogP contribution >= 0.6 is 0 Å². The zero-order valence-corrected chi connectivity index (χ0v) is 16.1. The Morgan fingerprint density at radius 3 is 2.54 bits per heavy atom. The molecule has 138 valence electrons. The van der Waals surface area contributed by atoms with Gasteiger partial charge in [-0.05, 0) is 58.7 Å². The molecule has 2 aromatic rings. The average Bonchev–Trinajstić information content (AvgIpc) is 2.60. The van der Waals surface area contributed by atoms with E-state index in [-0.39, 0.29) is 17.8 Å². The second kappa shape index (κ2) is 6.99. The average molecular weight is 372 g/mol. The van der Waals surface area contributed by atoms with E-state index in [1.165, 1.54) is 0 Å². The molecule has 0 amide bonds. The van der Waals surface area contributed by atoms with Crippen LogP contribution in [0.25, 0.3) is 11.6 Å². The summed E-state index contributed by atoms with van der Waals surface area (Å²) in [4.78, 5) is 4.62. The van der Waals surface area contributed by atoms with E-state index in [0.717, 1.165) is 27.8 Å². The molecule has 26 heavy (non-hydrogen) atoms. The lowest BCUT2D eigenvalue weighted by atomic mass is 9.81. The fourth-order valence-electron chi connectivity index (χ4n) is 3.34. The van der Waals surface area contributed by atoms with E-state index in [9.17, 15) is 8.42 Å². The summed E-state index contributed by atoms with van der Waals surface area (Å²) >= 11 is 0. The fourth-order valence-corrected chi connectivity index (χ4v) is 5.29. The highest BCUT2D eigenvalue weighted by molar-refractivity contribution is 7.91. The van der Waals surface area contributed by atoms with Crippen molar-refractivity contribution in [1.82, 2.24) is 0 Å². The number of allylic oxidation sites excluding steroid dienone is 1. The van der Waals surface area contributed by atoms with E-state index in [2.05, 4.69) is 24.8 Å². The molecule has 0 atom stereocenters. The van der Waals surface area contributed by atoms with Crippen LogP contribution in [0, 0.1) is 0 Å². The molecular weight excluding hydrogens is 348 g/mol. The third-order valence-corrected chi connectivity index (χ3v) is 6.85. The van der Waals surface area contributed by atoms with Gasteiger partial charge in [-0.1, -0.05) is 50.3 Å². The first-order chi connectivity index (χ1) is 12.2. The first-order valence-corrected chi connectivity index (χ1v) is 10.3. The number of sulfone groups is 1. The summed E-state index contributed by atoms with van der Waals surface area (Å²) in [6, 6.07) is 13.4. The highest BCUT2D eigenvalue weighted by Gasteiger charge is 2.35. The molecule has 0 bridgehead atoms. The van der Waals surface area contributed by atoms with Gasteiger partial charge < -0.3 is 0 Å². The summed E-state index contributed by atoms with van der Waals surface area (Å²) in [7, 11) is -3.17. The smallest absolute Gasteiger partial charge is 0.178 e. The first kappa shape index (κ1) is 18.8.